The van der Waals surface area contributed by atoms with E-state index in [1.165, 1.54) is 6.07 Å². The highest BCUT2D eigenvalue weighted by atomic mass is 16.5. The third-order valence-corrected chi connectivity index (χ3v) is 4.17. The van der Waals surface area contributed by atoms with Crippen molar-refractivity contribution in [2.45, 2.75) is 52.2 Å². The second kappa shape index (κ2) is 8.15. The van der Waals surface area contributed by atoms with E-state index in [0.29, 0.717) is 13.2 Å². The van der Waals surface area contributed by atoms with E-state index in [9.17, 15) is 4.79 Å². The Bertz CT molecular complexity index is 703. The van der Waals surface area contributed by atoms with E-state index in [4.69, 9.17) is 18.5 Å². The molecule has 0 aliphatic carbocycles. The standard InChI is InChI=1S/C17H23N3O5/c1-3-4-5-14-13(11(2)24-19-14)10-23-16-8-15(25-20-16)17(21)18-12-6-7-22-9-12/h8,12H,3-7,9-10H2,1-2H3,(H,18,21)/t12-/m1/s1. The summed E-state index contributed by atoms with van der Waals surface area (Å²) in [7, 11) is 0. The number of carbonyl (C=O) groups excluding carboxylic acids is 1. The maximum absolute atomic E-state index is 12.1. The monoisotopic (exact) mass is 349 g/mol. The first-order chi connectivity index (χ1) is 12.2. The van der Waals surface area contributed by atoms with Crippen LogP contribution in [0.2, 0.25) is 0 Å². The van der Waals surface area contributed by atoms with Gasteiger partial charge < -0.3 is 23.8 Å². The maximum Gasteiger partial charge on any atom is 0.290 e. The second-order valence-corrected chi connectivity index (χ2v) is 6.12. The summed E-state index contributed by atoms with van der Waals surface area (Å²) in [6.07, 6.45) is 3.77. The zero-order valence-electron chi connectivity index (χ0n) is 14.5. The molecular weight excluding hydrogens is 326 g/mol. The van der Waals surface area contributed by atoms with Crippen LogP contribution in [0.3, 0.4) is 0 Å². The van der Waals surface area contributed by atoms with Crippen molar-refractivity contribution in [3.05, 3.63) is 28.8 Å². The lowest BCUT2D eigenvalue weighted by Crippen LogP contribution is -2.34. The topological polar surface area (TPSA) is 99.6 Å². The van der Waals surface area contributed by atoms with Crippen LogP contribution >= 0.6 is 0 Å². The van der Waals surface area contributed by atoms with Gasteiger partial charge in [0.25, 0.3) is 11.8 Å². The molecule has 0 radical (unpaired) electrons. The largest absolute Gasteiger partial charge is 0.470 e. The molecule has 0 saturated carbocycles. The van der Waals surface area contributed by atoms with Crippen LogP contribution in [0.5, 0.6) is 5.88 Å². The van der Waals surface area contributed by atoms with Crippen molar-refractivity contribution in [2.75, 3.05) is 13.2 Å². The first-order valence-electron chi connectivity index (χ1n) is 8.59. The van der Waals surface area contributed by atoms with E-state index in [1.807, 2.05) is 6.92 Å². The smallest absolute Gasteiger partial charge is 0.290 e. The molecular formula is C17H23N3O5. The fourth-order valence-electron chi connectivity index (χ4n) is 2.65. The first kappa shape index (κ1) is 17.5. The second-order valence-electron chi connectivity index (χ2n) is 6.12. The highest BCUT2D eigenvalue weighted by Crippen LogP contribution is 2.19. The molecule has 1 saturated heterocycles. The van der Waals surface area contributed by atoms with Gasteiger partial charge >= 0.3 is 0 Å². The highest BCUT2D eigenvalue weighted by Gasteiger charge is 2.22. The molecule has 1 aliphatic heterocycles. The predicted molar refractivity (Wildman–Crippen MR) is 87.4 cm³/mol. The van der Waals surface area contributed by atoms with Crippen LogP contribution in [0.15, 0.2) is 15.1 Å². The zero-order valence-corrected chi connectivity index (χ0v) is 14.5. The number of carbonyl (C=O) groups is 1. The van der Waals surface area contributed by atoms with Gasteiger partial charge in [0.15, 0.2) is 0 Å². The molecule has 1 fully saturated rings. The lowest BCUT2D eigenvalue weighted by molar-refractivity contribution is 0.0892. The summed E-state index contributed by atoms with van der Waals surface area (Å²) in [6.45, 7) is 5.44. The Balaban J connectivity index is 1.56. The molecule has 0 unspecified atom stereocenters. The molecule has 2 aromatic rings. The van der Waals surface area contributed by atoms with E-state index in [-0.39, 0.29) is 30.2 Å². The summed E-state index contributed by atoms with van der Waals surface area (Å²) < 4.78 is 21.2. The Kier molecular flexibility index (Phi) is 5.70. The average Bonchev–Trinajstić information content (AvgIpc) is 3.33. The minimum atomic E-state index is -0.317. The number of unbranched alkanes of at least 4 members (excludes halogenated alkanes) is 1. The number of nitrogens with one attached hydrogen (secondary N) is 1. The molecule has 8 heteroatoms. The number of aromatic nitrogens is 2. The van der Waals surface area contributed by atoms with Gasteiger partial charge in [-0.2, -0.15) is 0 Å². The van der Waals surface area contributed by atoms with E-state index in [0.717, 1.165) is 42.7 Å². The maximum atomic E-state index is 12.1. The van der Waals surface area contributed by atoms with Crippen LogP contribution in [-0.2, 0) is 17.8 Å². The molecule has 3 heterocycles. The fraction of sp³-hybridized carbons (Fsp3) is 0.588. The third-order valence-electron chi connectivity index (χ3n) is 4.17. The fourth-order valence-corrected chi connectivity index (χ4v) is 2.65. The SMILES string of the molecule is CCCCc1noc(C)c1COc1cc(C(=O)N[C@@H]2CCOC2)on1. The molecule has 25 heavy (non-hydrogen) atoms. The average molecular weight is 349 g/mol. The minimum absolute atomic E-state index is 0.0164. The summed E-state index contributed by atoms with van der Waals surface area (Å²) in [6, 6.07) is 1.50. The van der Waals surface area contributed by atoms with Crippen LogP contribution in [0, 0.1) is 6.92 Å². The van der Waals surface area contributed by atoms with Gasteiger partial charge in [-0.1, -0.05) is 18.5 Å². The Morgan fingerprint density at radius 2 is 2.28 bits per heavy atom. The number of ether oxygens (including phenoxy) is 2. The highest BCUT2D eigenvalue weighted by molar-refractivity contribution is 5.91. The summed E-state index contributed by atoms with van der Waals surface area (Å²) >= 11 is 0. The molecule has 1 N–H and O–H groups in total. The van der Waals surface area contributed by atoms with Crippen molar-refractivity contribution < 1.29 is 23.3 Å². The molecule has 3 rings (SSSR count). The van der Waals surface area contributed by atoms with E-state index < -0.39 is 0 Å². The summed E-state index contributed by atoms with van der Waals surface area (Å²) in [4.78, 5) is 12.1. The van der Waals surface area contributed by atoms with Gasteiger partial charge in [0.1, 0.15) is 12.4 Å². The van der Waals surface area contributed by atoms with Gasteiger partial charge in [-0.15, -0.1) is 0 Å². The Morgan fingerprint density at radius 3 is 3.04 bits per heavy atom. The van der Waals surface area contributed by atoms with Gasteiger partial charge in [-0.3, -0.25) is 4.79 Å². The number of nitrogens with zero attached hydrogens (tertiary/aromatic N) is 2. The van der Waals surface area contributed by atoms with Crippen LogP contribution in [0.1, 0.15) is 53.8 Å². The van der Waals surface area contributed by atoms with Crippen molar-refractivity contribution in [1.82, 2.24) is 15.6 Å². The molecule has 8 nitrogen and oxygen atoms in total. The molecule has 1 atom stereocenters. The molecule has 1 aliphatic rings. The molecule has 1 amide bonds. The van der Waals surface area contributed by atoms with E-state index in [1.54, 1.807) is 0 Å². The lowest BCUT2D eigenvalue weighted by atomic mass is 10.1. The Morgan fingerprint density at radius 1 is 1.40 bits per heavy atom. The number of amides is 1. The van der Waals surface area contributed by atoms with Gasteiger partial charge in [0, 0.05) is 6.61 Å². The van der Waals surface area contributed by atoms with E-state index in [2.05, 4.69) is 22.6 Å². The summed E-state index contributed by atoms with van der Waals surface area (Å²) in [5, 5.41) is 10.7. The number of hydrogen-bond donors (Lipinski definition) is 1. The molecule has 0 bridgehead atoms. The normalized spacial score (nSPS) is 17.0. The minimum Gasteiger partial charge on any atom is -0.470 e. The lowest BCUT2D eigenvalue weighted by Gasteiger charge is -2.07. The molecule has 136 valence electrons. The molecule has 2 aromatic heterocycles. The van der Waals surface area contributed by atoms with Gasteiger partial charge in [0.05, 0.1) is 30.0 Å². The first-order valence-corrected chi connectivity index (χ1v) is 8.59. The van der Waals surface area contributed by atoms with Crippen molar-refractivity contribution in [3.63, 3.8) is 0 Å². The molecule has 0 spiro atoms. The number of rotatable bonds is 8. The van der Waals surface area contributed by atoms with Crippen molar-refractivity contribution in [2.24, 2.45) is 0 Å². The number of aryl methyl sites for hydroxylation is 2. The van der Waals surface area contributed by atoms with Crippen molar-refractivity contribution in [3.8, 4) is 5.88 Å². The third kappa shape index (κ3) is 4.39. The van der Waals surface area contributed by atoms with Crippen molar-refractivity contribution in [1.29, 1.82) is 0 Å². The van der Waals surface area contributed by atoms with Crippen LogP contribution in [0.4, 0.5) is 0 Å². The van der Waals surface area contributed by atoms with Crippen LogP contribution < -0.4 is 10.1 Å². The zero-order chi connectivity index (χ0) is 17.6. The number of hydrogen-bond acceptors (Lipinski definition) is 7. The predicted octanol–water partition coefficient (Wildman–Crippen LogP) is 2.41. The van der Waals surface area contributed by atoms with Gasteiger partial charge in [0.2, 0.25) is 5.76 Å². The summed E-state index contributed by atoms with van der Waals surface area (Å²) in [5.41, 5.74) is 1.83. The Hall–Kier alpha value is -2.35. The quantitative estimate of drug-likeness (QED) is 0.781. The summed E-state index contributed by atoms with van der Waals surface area (Å²) in [5.74, 6) is 0.793. The van der Waals surface area contributed by atoms with Crippen LogP contribution in [0.25, 0.3) is 0 Å². The van der Waals surface area contributed by atoms with E-state index >= 15 is 0 Å². The Labute approximate surface area is 145 Å². The van der Waals surface area contributed by atoms with Crippen LogP contribution in [-0.4, -0.2) is 35.5 Å². The van der Waals surface area contributed by atoms with Gasteiger partial charge in [-0.25, -0.2) is 0 Å². The molecule has 0 aromatic carbocycles. The van der Waals surface area contributed by atoms with Gasteiger partial charge in [-0.05, 0) is 31.3 Å². The van der Waals surface area contributed by atoms with Crippen molar-refractivity contribution >= 4 is 5.91 Å².